The van der Waals surface area contributed by atoms with Crippen molar-refractivity contribution in [1.82, 2.24) is 15.0 Å². The molecular formula is C45H39IrN3O-2. The maximum absolute atomic E-state index is 6.22. The van der Waals surface area contributed by atoms with Gasteiger partial charge in [0.15, 0.2) is 0 Å². The molecule has 0 saturated heterocycles. The third-order valence-electron chi connectivity index (χ3n) is 8.90. The molecule has 0 fully saturated rings. The van der Waals surface area contributed by atoms with Crippen LogP contribution in [0.5, 0.6) is 0 Å². The molecule has 251 valence electrons. The van der Waals surface area contributed by atoms with E-state index in [0.29, 0.717) is 5.41 Å². The molecule has 5 heteroatoms. The van der Waals surface area contributed by atoms with Crippen molar-refractivity contribution in [3.05, 3.63) is 150 Å². The van der Waals surface area contributed by atoms with Crippen LogP contribution in [0.15, 0.2) is 120 Å². The van der Waals surface area contributed by atoms with Gasteiger partial charge < -0.3 is 14.4 Å². The van der Waals surface area contributed by atoms with Gasteiger partial charge in [-0.3, -0.25) is 4.98 Å². The van der Waals surface area contributed by atoms with Crippen molar-refractivity contribution >= 4 is 32.8 Å². The average molecular weight is 830 g/mol. The summed E-state index contributed by atoms with van der Waals surface area (Å²) in [7, 11) is 0. The molecule has 4 nitrogen and oxygen atoms in total. The number of pyridine rings is 3. The first-order chi connectivity index (χ1) is 23.6. The van der Waals surface area contributed by atoms with Crippen molar-refractivity contribution in [2.75, 3.05) is 0 Å². The van der Waals surface area contributed by atoms with Gasteiger partial charge in [0.25, 0.3) is 0 Å². The first-order valence-corrected chi connectivity index (χ1v) is 16.7. The van der Waals surface area contributed by atoms with Crippen molar-refractivity contribution in [3.63, 3.8) is 0 Å². The molecule has 4 aromatic carbocycles. The molecule has 0 unspecified atom stereocenters. The molecule has 0 amide bonds. The quantitative estimate of drug-likeness (QED) is 0.166. The van der Waals surface area contributed by atoms with E-state index in [1.807, 2.05) is 48.7 Å². The average Bonchev–Trinajstić information content (AvgIpc) is 3.50. The van der Waals surface area contributed by atoms with E-state index in [0.717, 1.165) is 61.8 Å². The number of furan rings is 1. The van der Waals surface area contributed by atoms with E-state index in [4.69, 9.17) is 4.42 Å². The summed E-state index contributed by atoms with van der Waals surface area (Å²) in [5, 5.41) is 3.20. The second-order valence-electron chi connectivity index (χ2n) is 14.0. The first kappa shape index (κ1) is 34.9. The molecule has 0 N–H and O–H groups in total. The summed E-state index contributed by atoms with van der Waals surface area (Å²) in [4.78, 5) is 13.5. The van der Waals surface area contributed by atoms with Crippen LogP contribution in [0.1, 0.15) is 43.0 Å². The van der Waals surface area contributed by atoms with Crippen molar-refractivity contribution in [3.8, 4) is 33.6 Å². The Balaban J connectivity index is 0.000000170. The van der Waals surface area contributed by atoms with Gasteiger partial charge in [0, 0.05) is 49.5 Å². The smallest absolute Gasteiger partial charge is 0.147 e. The van der Waals surface area contributed by atoms with Gasteiger partial charge in [0.1, 0.15) is 11.1 Å². The number of fused-ring (bicyclic) bond motifs is 5. The fourth-order valence-electron chi connectivity index (χ4n) is 6.25. The molecule has 0 aliphatic heterocycles. The zero-order valence-electron chi connectivity index (χ0n) is 29.3. The summed E-state index contributed by atoms with van der Waals surface area (Å²) < 4.78 is 6.22. The largest absolute Gasteiger partial charge is 0.498 e. The predicted molar refractivity (Wildman–Crippen MR) is 202 cm³/mol. The number of aromatic nitrogens is 3. The Morgan fingerprint density at radius 3 is 2.20 bits per heavy atom. The topological polar surface area (TPSA) is 51.8 Å². The van der Waals surface area contributed by atoms with E-state index < -0.39 is 0 Å². The third kappa shape index (κ3) is 7.31. The Kier molecular flexibility index (Phi) is 10.1. The molecule has 0 aliphatic rings. The molecule has 0 spiro atoms. The molecule has 4 aromatic heterocycles. The Morgan fingerprint density at radius 1 is 0.680 bits per heavy atom. The molecule has 50 heavy (non-hydrogen) atoms. The van der Waals surface area contributed by atoms with Crippen LogP contribution in [0, 0.1) is 38.3 Å². The standard InChI is InChI=1S/C25H28N.C20H11N2O.Ir/c1-17-7-10-22(24-13-18(2)19(3)16-26-24)14-23(17)21-11-8-20(9-12-21)15-25(4,5)6;1-2-11-21-17(8-1)16-7-3-6-14-15-10-9-13-5-4-12-22-18(13)20(15)23-19(14)16;/h7-9,11-14,16H,15H2,1-6H3;1-6,8-12H;/q2*-1;. The van der Waals surface area contributed by atoms with E-state index in [9.17, 15) is 0 Å². The normalized spacial score (nSPS) is 11.3. The van der Waals surface area contributed by atoms with Gasteiger partial charge in [-0.05, 0) is 65.9 Å². The van der Waals surface area contributed by atoms with Crippen LogP contribution in [0.3, 0.4) is 0 Å². The maximum Gasteiger partial charge on any atom is 0.147 e. The third-order valence-corrected chi connectivity index (χ3v) is 8.90. The van der Waals surface area contributed by atoms with Crippen LogP contribution in [-0.2, 0) is 26.5 Å². The van der Waals surface area contributed by atoms with Gasteiger partial charge >= 0.3 is 0 Å². The van der Waals surface area contributed by atoms with Crippen LogP contribution in [0.25, 0.3) is 66.5 Å². The Bertz CT molecular complexity index is 2420. The first-order valence-electron chi connectivity index (χ1n) is 16.7. The summed E-state index contributed by atoms with van der Waals surface area (Å²) in [6.45, 7) is 13.2. The van der Waals surface area contributed by atoms with Gasteiger partial charge in [-0.2, -0.15) is 0 Å². The van der Waals surface area contributed by atoms with Crippen LogP contribution in [0.2, 0.25) is 0 Å². The number of hydrogen-bond acceptors (Lipinski definition) is 4. The SMILES string of the molecule is Cc1cnc(-c2[c-]cc(C)c(-c3ccc(CC(C)(C)C)cc3)c2)cc1C.[Ir].[c-]1ccc2c(oc3c2ccc2cccnc23)c1-c1ccccn1. The number of hydrogen-bond donors (Lipinski definition) is 0. The van der Waals surface area contributed by atoms with Crippen LogP contribution in [0.4, 0.5) is 0 Å². The monoisotopic (exact) mass is 830 g/mol. The molecule has 0 bridgehead atoms. The van der Waals surface area contributed by atoms with Gasteiger partial charge in [-0.25, -0.2) is 0 Å². The van der Waals surface area contributed by atoms with Crippen molar-refractivity contribution in [2.24, 2.45) is 5.41 Å². The van der Waals surface area contributed by atoms with Gasteiger partial charge in [0.05, 0.1) is 5.58 Å². The molecule has 4 heterocycles. The van der Waals surface area contributed by atoms with E-state index in [2.05, 4.69) is 123 Å². The maximum atomic E-state index is 6.22. The van der Waals surface area contributed by atoms with Crippen LogP contribution in [-0.4, -0.2) is 15.0 Å². The second-order valence-corrected chi connectivity index (χ2v) is 14.0. The van der Waals surface area contributed by atoms with Crippen molar-refractivity contribution < 1.29 is 24.5 Å². The minimum atomic E-state index is 0. The Labute approximate surface area is 308 Å². The minimum absolute atomic E-state index is 0. The molecule has 0 aliphatic carbocycles. The fourth-order valence-corrected chi connectivity index (χ4v) is 6.25. The van der Waals surface area contributed by atoms with Crippen LogP contribution >= 0.6 is 0 Å². The fraction of sp³-hybridized carbons (Fsp3) is 0.178. The number of rotatable bonds is 4. The molecule has 0 atom stereocenters. The zero-order valence-corrected chi connectivity index (χ0v) is 31.7. The van der Waals surface area contributed by atoms with Gasteiger partial charge in [-0.1, -0.05) is 110 Å². The molecule has 8 aromatic rings. The molecule has 8 rings (SSSR count). The van der Waals surface area contributed by atoms with E-state index in [1.165, 1.54) is 33.4 Å². The van der Waals surface area contributed by atoms with Gasteiger partial charge in [0.2, 0.25) is 0 Å². The Hall–Kier alpha value is -4.96. The Morgan fingerprint density at radius 2 is 1.46 bits per heavy atom. The molecule has 0 saturated carbocycles. The summed E-state index contributed by atoms with van der Waals surface area (Å²) in [5.74, 6) is 0. The van der Waals surface area contributed by atoms with E-state index >= 15 is 0 Å². The summed E-state index contributed by atoms with van der Waals surface area (Å²) in [5.41, 5.74) is 14.2. The molecular weight excluding hydrogens is 791 g/mol. The van der Waals surface area contributed by atoms with Crippen molar-refractivity contribution in [1.29, 1.82) is 0 Å². The van der Waals surface area contributed by atoms with Crippen molar-refractivity contribution in [2.45, 2.75) is 48.0 Å². The zero-order chi connectivity index (χ0) is 34.1. The summed E-state index contributed by atoms with van der Waals surface area (Å²) in [6, 6.07) is 40.0. The number of nitrogens with zero attached hydrogens (tertiary/aromatic N) is 3. The summed E-state index contributed by atoms with van der Waals surface area (Å²) >= 11 is 0. The predicted octanol–water partition coefficient (Wildman–Crippen LogP) is 11.7. The molecule has 1 radical (unpaired) electrons. The summed E-state index contributed by atoms with van der Waals surface area (Å²) in [6.07, 6.45) is 6.61. The minimum Gasteiger partial charge on any atom is -0.498 e. The second kappa shape index (κ2) is 14.5. The van der Waals surface area contributed by atoms with E-state index in [-0.39, 0.29) is 20.1 Å². The van der Waals surface area contributed by atoms with E-state index in [1.54, 1.807) is 12.4 Å². The number of benzene rings is 4. The number of aryl methyl sites for hydroxylation is 3. The van der Waals surface area contributed by atoms with Crippen LogP contribution < -0.4 is 0 Å². The van der Waals surface area contributed by atoms with Gasteiger partial charge in [-0.15, -0.1) is 47.5 Å².